The van der Waals surface area contributed by atoms with Crippen molar-refractivity contribution in [3.8, 4) is 0 Å². The largest absolute Gasteiger partial charge is 0.356 e. The summed E-state index contributed by atoms with van der Waals surface area (Å²) in [6.07, 6.45) is 7.52. The first kappa shape index (κ1) is 19.5. The average Bonchev–Trinajstić information content (AvgIpc) is 2.99. The normalized spacial score (nSPS) is 29.7. The Kier molecular flexibility index (Phi) is 6.92. The van der Waals surface area contributed by atoms with Crippen LogP contribution in [0, 0.1) is 17.8 Å². The van der Waals surface area contributed by atoms with Crippen LogP contribution in [-0.2, 0) is 10.0 Å². The lowest BCUT2D eigenvalue weighted by atomic mass is 9.83. The summed E-state index contributed by atoms with van der Waals surface area (Å²) in [4.78, 5) is 6.62. The molecule has 7 heteroatoms. The molecule has 0 aromatic heterocycles. The summed E-state index contributed by atoms with van der Waals surface area (Å²) < 4.78 is 24.8. The number of nitrogens with one attached hydrogen (secondary N) is 1. The van der Waals surface area contributed by atoms with Gasteiger partial charge in [-0.25, -0.2) is 12.7 Å². The lowest BCUT2D eigenvalue weighted by molar-refractivity contribution is 0.250. The zero-order chi connectivity index (χ0) is 17.7. The summed E-state index contributed by atoms with van der Waals surface area (Å²) in [5, 5.41) is 3.44. The molecule has 1 aliphatic carbocycles. The van der Waals surface area contributed by atoms with Crippen molar-refractivity contribution in [1.82, 2.24) is 14.5 Å². The maximum atomic E-state index is 11.6. The van der Waals surface area contributed by atoms with Crippen LogP contribution in [-0.4, -0.2) is 70.1 Å². The number of aliphatic imine (C=N–C) groups is 1. The van der Waals surface area contributed by atoms with Crippen molar-refractivity contribution < 1.29 is 8.42 Å². The molecule has 140 valence electrons. The Balaban J connectivity index is 1.76. The number of nitrogens with zero attached hydrogens (tertiary/aromatic N) is 3. The molecule has 2 fully saturated rings. The molecule has 1 unspecified atom stereocenters. The number of hydrogen-bond acceptors (Lipinski definition) is 3. The quantitative estimate of drug-likeness (QED) is 0.599. The van der Waals surface area contributed by atoms with E-state index in [-0.39, 0.29) is 0 Å². The van der Waals surface area contributed by atoms with Gasteiger partial charge in [-0.05, 0) is 37.0 Å². The van der Waals surface area contributed by atoms with E-state index in [1.807, 2.05) is 7.05 Å². The summed E-state index contributed by atoms with van der Waals surface area (Å²) in [7, 11) is 0.866. The monoisotopic (exact) mass is 358 g/mol. The lowest BCUT2D eigenvalue weighted by Crippen LogP contribution is -2.43. The molecular formula is C17H34N4O2S. The van der Waals surface area contributed by atoms with Crippen LogP contribution in [0.3, 0.4) is 0 Å². The van der Waals surface area contributed by atoms with E-state index in [1.54, 1.807) is 4.31 Å². The molecule has 0 amide bonds. The van der Waals surface area contributed by atoms with Crippen LogP contribution in [0.4, 0.5) is 0 Å². The first-order chi connectivity index (χ1) is 11.3. The predicted octanol–water partition coefficient (Wildman–Crippen LogP) is 1.60. The van der Waals surface area contributed by atoms with Gasteiger partial charge in [0.05, 0.1) is 6.26 Å². The van der Waals surface area contributed by atoms with Crippen LogP contribution in [0.5, 0.6) is 0 Å². The van der Waals surface area contributed by atoms with E-state index in [0.29, 0.717) is 19.0 Å². The SMILES string of the molecule is CN=C(NCC1CCN(S(C)(=O)=O)C1)N(C)CC1CCC(C)CC1. The Hall–Kier alpha value is -0.820. The number of hydrogen-bond donors (Lipinski definition) is 1. The minimum Gasteiger partial charge on any atom is -0.356 e. The van der Waals surface area contributed by atoms with Gasteiger partial charge < -0.3 is 10.2 Å². The van der Waals surface area contributed by atoms with Gasteiger partial charge in [0.15, 0.2) is 5.96 Å². The highest BCUT2D eigenvalue weighted by atomic mass is 32.2. The average molecular weight is 359 g/mol. The first-order valence-corrected chi connectivity index (χ1v) is 11.0. The van der Waals surface area contributed by atoms with Gasteiger partial charge in [0.2, 0.25) is 10.0 Å². The van der Waals surface area contributed by atoms with E-state index in [9.17, 15) is 8.42 Å². The fraction of sp³-hybridized carbons (Fsp3) is 0.941. The van der Waals surface area contributed by atoms with Crippen molar-refractivity contribution in [2.45, 2.75) is 39.0 Å². The molecule has 6 nitrogen and oxygen atoms in total. The van der Waals surface area contributed by atoms with Crippen LogP contribution in [0.1, 0.15) is 39.0 Å². The Bertz CT molecular complexity index is 527. The third-order valence-electron chi connectivity index (χ3n) is 5.51. The Morgan fingerprint density at radius 2 is 1.88 bits per heavy atom. The minimum absolute atomic E-state index is 0.361. The Morgan fingerprint density at radius 3 is 2.42 bits per heavy atom. The van der Waals surface area contributed by atoms with Gasteiger partial charge in [-0.2, -0.15) is 0 Å². The number of rotatable bonds is 5. The maximum Gasteiger partial charge on any atom is 0.211 e. The van der Waals surface area contributed by atoms with Crippen LogP contribution in [0.15, 0.2) is 4.99 Å². The van der Waals surface area contributed by atoms with Gasteiger partial charge >= 0.3 is 0 Å². The van der Waals surface area contributed by atoms with E-state index in [4.69, 9.17) is 0 Å². The lowest BCUT2D eigenvalue weighted by Gasteiger charge is -2.31. The highest BCUT2D eigenvalue weighted by molar-refractivity contribution is 7.88. The molecule has 0 aromatic carbocycles. The summed E-state index contributed by atoms with van der Waals surface area (Å²) in [5.41, 5.74) is 0. The Labute approximate surface area is 147 Å². The molecular weight excluding hydrogens is 324 g/mol. The van der Waals surface area contributed by atoms with Crippen LogP contribution in [0.25, 0.3) is 0 Å². The van der Waals surface area contributed by atoms with Crippen molar-refractivity contribution in [3.05, 3.63) is 0 Å². The van der Waals surface area contributed by atoms with Crippen molar-refractivity contribution in [1.29, 1.82) is 0 Å². The van der Waals surface area contributed by atoms with Crippen molar-refractivity contribution in [3.63, 3.8) is 0 Å². The van der Waals surface area contributed by atoms with E-state index in [0.717, 1.165) is 37.3 Å². The molecule has 1 heterocycles. The summed E-state index contributed by atoms with van der Waals surface area (Å²) in [5.74, 6) is 2.92. The fourth-order valence-corrected chi connectivity index (χ4v) is 4.79. The van der Waals surface area contributed by atoms with Crippen LogP contribution >= 0.6 is 0 Å². The molecule has 1 atom stereocenters. The molecule has 2 rings (SSSR count). The third-order valence-corrected chi connectivity index (χ3v) is 6.78. The van der Waals surface area contributed by atoms with Gasteiger partial charge in [-0.3, -0.25) is 4.99 Å². The van der Waals surface area contributed by atoms with Gasteiger partial charge in [-0.1, -0.05) is 19.8 Å². The smallest absolute Gasteiger partial charge is 0.211 e. The van der Waals surface area contributed by atoms with Crippen molar-refractivity contribution in [2.75, 3.05) is 46.5 Å². The van der Waals surface area contributed by atoms with Crippen LogP contribution in [0.2, 0.25) is 0 Å². The number of guanidine groups is 1. The highest BCUT2D eigenvalue weighted by Gasteiger charge is 2.28. The van der Waals surface area contributed by atoms with Gasteiger partial charge in [-0.15, -0.1) is 0 Å². The topological polar surface area (TPSA) is 65.0 Å². The van der Waals surface area contributed by atoms with E-state index in [2.05, 4.69) is 29.2 Å². The van der Waals surface area contributed by atoms with Gasteiger partial charge in [0.25, 0.3) is 0 Å². The standard InChI is InChI=1S/C17H34N4O2S/c1-14-5-7-15(8-6-14)12-20(3)17(18-2)19-11-16-9-10-21(13-16)24(4,22)23/h14-16H,5-13H2,1-4H3,(H,18,19). The second-order valence-electron chi connectivity index (χ2n) is 7.71. The molecule has 1 aliphatic heterocycles. The maximum absolute atomic E-state index is 11.6. The fourth-order valence-electron chi connectivity index (χ4n) is 3.87. The summed E-state index contributed by atoms with van der Waals surface area (Å²) >= 11 is 0. The molecule has 0 bridgehead atoms. The zero-order valence-corrected chi connectivity index (χ0v) is 16.5. The minimum atomic E-state index is -3.05. The zero-order valence-electron chi connectivity index (χ0n) is 15.7. The first-order valence-electron chi connectivity index (χ1n) is 9.16. The van der Waals surface area contributed by atoms with E-state index < -0.39 is 10.0 Å². The molecule has 2 aliphatic rings. The predicted molar refractivity (Wildman–Crippen MR) is 99.6 cm³/mol. The van der Waals surface area contributed by atoms with E-state index in [1.165, 1.54) is 31.9 Å². The van der Waals surface area contributed by atoms with Gasteiger partial charge in [0, 0.05) is 40.3 Å². The molecule has 1 saturated heterocycles. The molecule has 1 saturated carbocycles. The number of sulfonamides is 1. The summed E-state index contributed by atoms with van der Waals surface area (Å²) in [6.45, 7) is 5.44. The Morgan fingerprint density at radius 1 is 1.21 bits per heavy atom. The van der Waals surface area contributed by atoms with E-state index >= 15 is 0 Å². The van der Waals surface area contributed by atoms with Crippen molar-refractivity contribution >= 4 is 16.0 Å². The van der Waals surface area contributed by atoms with Crippen LogP contribution < -0.4 is 5.32 Å². The summed E-state index contributed by atoms with van der Waals surface area (Å²) in [6, 6.07) is 0. The molecule has 24 heavy (non-hydrogen) atoms. The highest BCUT2D eigenvalue weighted by Crippen LogP contribution is 2.28. The second kappa shape index (κ2) is 8.52. The molecule has 1 N–H and O–H groups in total. The molecule has 0 spiro atoms. The third kappa shape index (κ3) is 5.62. The second-order valence-corrected chi connectivity index (χ2v) is 9.69. The molecule has 0 radical (unpaired) electrons. The molecule has 0 aromatic rings. The van der Waals surface area contributed by atoms with Crippen molar-refractivity contribution in [2.24, 2.45) is 22.7 Å². The van der Waals surface area contributed by atoms with Gasteiger partial charge in [0.1, 0.15) is 0 Å².